The summed E-state index contributed by atoms with van der Waals surface area (Å²) in [5.41, 5.74) is 0. The van der Waals surface area contributed by atoms with Crippen LogP contribution in [0.3, 0.4) is 0 Å². The highest BCUT2D eigenvalue weighted by atomic mass is 127. The van der Waals surface area contributed by atoms with Crippen LogP contribution in [-0.2, 0) is 14.3 Å². The molecule has 29 heavy (non-hydrogen) atoms. The van der Waals surface area contributed by atoms with Crippen molar-refractivity contribution in [2.75, 3.05) is 79.3 Å². The van der Waals surface area contributed by atoms with E-state index in [0.29, 0.717) is 25.7 Å². The molecule has 2 rings (SSSR count). The fourth-order valence-corrected chi connectivity index (χ4v) is 3.70. The largest absolute Gasteiger partial charge is 0.382 e. The van der Waals surface area contributed by atoms with Crippen LogP contribution >= 0.6 is 24.0 Å². The molecule has 1 unspecified atom stereocenters. The summed E-state index contributed by atoms with van der Waals surface area (Å²) in [6, 6.07) is -0.0241. The summed E-state index contributed by atoms with van der Waals surface area (Å²) in [5, 5.41) is 3.40. The van der Waals surface area contributed by atoms with Gasteiger partial charge in [0.15, 0.2) is 5.96 Å². The number of nitrogens with one attached hydrogen (secondary N) is 1. The number of aliphatic imine (C=N–C) groups is 1. The monoisotopic (exact) mass is 525 g/mol. The van der Waals surface area contributed by atoms with Crippen LogP contribution < -0.4 is 5.32 Å². The molecule has 1 atom stereocenters. The maximum Gasteiger partial charge on any atom is 0.239 e. The Morgan fingerprint density at radius 3 is 2.34 bits per heavy atom. The van der Waals surface area contributed by atoms with Crippen molar-refractivity contribution in [3.8, 4) is 0 Å². The molecule has 1 N–H and O–H groups in total. The summed E-state index contributed by atoms with van der Waals surface area (Å²) < 4.78 is 10.5. The van der Waals surface area contributed by atoms with Gasteiger partial charge in [-0.3, -0.25) is 14.7 Å². The van der Waals surface area contributed by atoms with Crippen LogP contribution in [0.5, 0.6) is 0 Å². The number of rotatable bonds is 10. The first-order chi connectivity index (χ1) is 13.7. The molecule has 2 fully saturated rings. The molecule has 9 heteroatoms. The van der Waals surface area contributed by atoms with Gasteiger partial charge < -0.3 is 24.6 Å². The topological polar surface area (TPSA) is 69.6 Å². The molecule has 0 spiro atoms. The van der Waals surface area contributed by atoms with Gasteiger partial charge in [-0.2, -0.15) is 0 Å². The van der Waals surface area contributed by atoms with E-state index in [-0.39, 0.29) is 30.0 Å². The second-order valence-corrected chi connectivity index (χ2v) is 7.43. The smallest absolute Gasteiger partial charge is 0.239 e. The normalized spacial score (nSPS) is 19.2. The van der Waals surface area contributed by atoms with Gasteiger partial charge in [-0.1, -0.05) is 0 Å². The first kappa shape index (κ1) is 26.4. The van der Waals surface area contributed by atoms with Crippen molar-refractivity contribution in [3.63, 3.8) is 0 Å². The van der Waals surface area contributed by atoms with E-state index in [0.717, 1.165) is 77.6 Å². The molecule has 2 aliphatic rings. The molecule has 2 aliphatic heterocycles. The Bertz CT molecular complexity index is 481. The molecular weight excluding hydrogens is 485 g/mol. The predicted molar refractivity (Wildman–Crippen MR) is 127 cm³/mol. The number of methoxy groups -OCH3 is 1. The van der Waals surface area contributed by atoms with Gasteiger partial charge in [0, 0.05) is 66.1 Å². The minimum atomic E-state index is -0.0241. The highest BCUT2D eigenvalue weighted by molar-refractivity contribution is 14.0. The third-order valence-corrected chi connectivity index (χ3v) is 5.41. The average molecular weight is 525 g/mol. The molecule has 2 saturated heterocycles. The molecule has 0 bridgehead atoms. The van der Waals surface area contributed by atoms with E-state index < -0.39 is 0 Å². The minimum Gasteiger partial charge on any atom is -0.382 e. The van der Waals surface area contributed by atoms with Crippen LogP contribution in [0.4, 0.5) is 0 Å². The summed E-state index contributed by atoms with van der Waals surface area (Å²) in [4.78, 5) is 24.0. The second kappa shape index (κ2) is 15.2. The van der Waals surface area contributed by atoms with Gasteiger partial charge >= 0.3 is 0 Å². The van der Waals surface area contributed by atoms with E-state index in [9.17, 15) is 4.79 Å². The van der Waals surface area contributed by atoms with E-state index >= 15 is 0 Å². The summed E-state index contributed by atoms with van der Waals surface area (Å²) >= 11 is 0. The van der Waals surface area contributed by atoms with Gasteiger partial charge in [-0.15, -0.1) is 24.0 Å². The van der Waals surface area contributed by atoms with Crippen molar-refractivity contribution in [3.05, 3.63) is 0 Å². The number of nitrogens with zero attached hydrogens (tertiary/aromatic N) is 4. The summed E-state index contributed by atoms with van der Waals surface area (Å²) in [6.45, 7) is 13.2. The Hall–Kier alpha value is -0.650. The Kier molecular flexibility index (Phi) is 13.8. The lowest BCUT2D eigenvalue weighted by atomic mass is 10.2. The number of hydrogen-bond donors (Lipinski definition) is 1. The van der Waals surface area contributed by atoms with E-state index in [1.807, 2.05) is 4.90 Å². The summed E-state index contributed by atoms with van der Waals surface area (Å²) in [6.07, 6.45) is 3.19. The highest BCUT2D eigenvalue weighted by Gasteiger charge is 2.30. The van der Waals surface area contributed by atoms with Crippen molar-refractivity contribution in [1.82, 2.24) is 20.0 Å². The van der Waals surface area contributed by atoms with Gasteiger partial charge in [0.2, 0.25) is 5.91 Å². The number of amides is 1. The average Bonchev–Trinajstić information content (AvgIpc) is 3.26. The number of carbonyl (C=O) groups is 1. The van der Waals surface area contributed by atoms with Crippen molar-refractivity contribution in [1.29, 1.82) is 0 Å². The lowest BCUT2D eigenvalue weighted by molar-refractivity contribution is -0.135. The number of guanidine groups is 1. The molecule has 0 aromatic heterocycles. The molecular formula is C20H40IN5O3. The van der Waals surface area contributed by atoms with Gasteiger partial charge in [-0.25, -0.2) is 0 Å². The fraction of sp³-hybridized carbons (Fsp3) is 0.900. The molecule has 1 amide bonds. The van der Waals surface area contributed by atoms with Crippen LogP contribution in [0, 0.1) is 0 Å². The van der Waals surface area contributed by atoms with Gasteiger partial charge in [0.05, 0.1) is 19.3 Å². The molecule has 0 aliphatic carbocycles. The van der Waals surface area contributed by atoms with Crippen LogP contribution in [-0.4, -0.2) is 112 Å². The zero-order valence-electron chi connectivity index (χ0n) is 18.4. The number of likely N-dealkylation sites (tertiary alicyclic amines) is 1. The SMILES string of the molecule is CCNC(=NCCCOCCOC)N1CCN(C(C)C(=O)N2CCCC2)CC1.I. The standard InChI is InChI=1S/C20H39N5O3.HI/c1-4-21-20(22-8-7-15-28-17-16-27-3)25-13-11-23(12-14-25)18(2)19(26)24-9-5-6-10-24;/h18H,4-17H2,1-3H3,(H,21,22);1H. The Labute approximate surface area is 193 Å². The summed E-state index contributed by atoms with van der Waals surface area (Å²) in [5.74, 6) is 1.26. The maximum atomic E-state index is 12.6. The Morgan fingerprint density at radius 1 is 1.03 bits per heavy atom. The molecule has 0 saturated carbocycles. The van der Waals surface area contributed by atoms with Gasteiger partial charge in [0.25, 0.3) is 0 Å². The van der Waals surface area contributed by atoms with Crippen molar-refractivity contribution in [2.45, 2.75) is 39.2 Å². The van der Waals surface area contributed by atoms with Crippen molar-refractivity contribution in [2.24, 2.45) is 4.99 Å². The second-order valence-electron chi connectivity index (χ2n) is 7.43. The Morgan fingerprint density at radius 2 is 1.72 bits per heavy atom. The number of hydrogen-bond acceptors (Lipinski definition) is 5. The maximum absolute atomic E-state index is 12.6. The molecule has 0 radical (unpaired) electrons. The third kappa shape index (κ3) is 8.94. The first-order valence-corrected chi connectivity index (χ1v) is 10.8. The predicted octanol–water partition coefficient (Wildman–Crippen LogP) is 1.25. The number of piperazine rings is 1. The van der Waals surface area contributed by atoms with Crippen LogP contribution in [0.2, 0.25) is 0 Å². The van der Waals surface area contributed by atoms with Crippen LogP contribution in [0.25, 0.3) is 0 Å². The van der Waals surface area contributed by atoms with Crippen LogP contribution in [0.15, 0.2) is 4.99 Å². The lowest BCUT2D eigenvalue weighted by Crippen LogP contribution is -2.57. The fourth-order valence-electron chi connectivity index (χ4n) is 3.70. The molecule has 2 heterocycles. The van der Waals surface area contributed by atoms with Crippen molar-refractivity contribution < 1.29 is 14.3 Å². The van der Waals surface area contributed by atoms with E-state index in [4.69, 9.17) is 14.5 Å². The van der Waals surface area contributed by atoms with Crippen LogP contribution in [0.1, 0.15) is 33.1 Å². The first-order valence-electron chi connectivity index (χ1n) is 10.8. The van der Waals surface area contributed by atoms with Gasteiger partial charge in [0.1, 0.15) is 0 Å². The highest BCUT2D eigenvalue weighted by Crippen LogP contribution is 2.14. The van der Waals surface area contributed by atoms with E-state index in [2.05, 4.69) is 29.0 Å². The third-order valence-electron chi connectivity index (χ3n) is 5.41. The number of carbonyl (C=O) groups excluding carboxylic acids is 1. The molecule has 0 aromatic carbocycles. The molecule has 0 aromatic rings. The molecule has 170 valence electrons. The summed E-state index contributed by atoms with van der Waals surface area (Å²) in [7, 11) is 1.68. The van der Waals surface area contributed by atoms with E-state index in [1.165, 1.54) is 0 Å². The minimum absolute atomic E-state index is 0. The zero-order chi connectivity index (χ0) is 20.2. The lowest BCUT2D eigenvalue weighted by Gasteiger charge is -2.39. The quantitative estimate of drug-likeness (QED) is 0.201. The van der Waals surface area contributed by atoms with Crippen molar-refractivity contribution >= 4 is 35.8 Å². The number of halogens is 1. The number of ether oxygens (including phenoxy) is 2. The van der Waals surface area contributed by atoms with Gasteiger partial charge in [-0.05, 0) is 33.1 Å². The zero-order valence-corrected chi connectivity index (χ0v) is 20.7. The Balaban J connectivity index is 0.00000420. The molecule has 8 nitrogen and oxygen atoms in total. The van der Waals surface area contributed by atoms with E-state index in [1.54, 1.807) is 7.11 Å².